The maximum absolute atomic E-state index is 4.70. The molecule has 4 heterocycles. The van der Waals surface area contributed by atoms with E-state index in [2.05, 4.69) is 44.5 Å². The molecule has 3 aromatic heterocycles. The number of rotatable bonds is 5. The van der Waals surface area contributed by atoms with Gasteiger partial charge in [-0.05, 0) is 61.8 Å². The summed E-state index contributed by atoms with van der Waals surface area (Å²) < 4.78 is 3.13. The average Bonchev–Trinajstić information content (AvgIpc) is 3.43. The van der Waals surface area contributed by atoms with Crippen molar-refractivity contribution in [2.24, 2.45) is 0 Å². The van der Waals surface area contributed by atoms with Crippen LogP contribution in [0.1, 0.15) is 18.4 Å². The number of imidazole rings is 1. The summed E-state index contributed by atoms with van der Waals surface area (Å²) >= 11 is 1.64. The van der Waals surface area contributed by atoms with Crippen LogP contribution in [0.4, 0.5) is 10.9 Å². The van der Waals surface area contributed by atoms with Crippen molar-refractivity contribution in [1.82, 2.24) is 24.4 Å². The van der Waals surface area contributed by atoms with Crippen LogP contribution in [0.5, 0.6) is 0 Å². The number of thiazole rings is 1. The number of nitrogens with zero attached hydrogens (tertiary/aromatic N) is 5. The van der Waals surface area contributed by atoms with Crippen LogP contribution in [0.3, 0.4) is 0 Å². The highest BCUT2D eigenvalue weighted by molar-refractivity contribution is 7.22. The molecule has 1 saturated heterocycles. The maximum Gasteiger partial charge on any atom is 0.189 e. The summed E-state index contributed by atoms with van der Waals surface area (Å²) in [5.41, 5.74) is 3.36. The Hall–Kier alpha value is -2.77. The van der Waals surface area contributed by atoms with Gasteiger partial charge in [0.25, 0.3) is 0 Å². The third-order valence-corrected chi connectivity index (χ3v) is 5.77. The van der Waals surface area contributed by atoms with Gasteiger partial charge in [-0.2, -0.15) is 0 Å². The number of likely N-dealkylation sites (tertiary alicyclic amines) is 1. The fraction of sp³-hybridized carbons (Fsp3) is 0.250. The Morgan fingerprint density at radius 2 is 2.00 bits per heavy atom. The molecule has 1 aromatic carbocycles. The molecule has 0 unspecified atom stereocenters. The van der Waals surface area contributed by atoms with Gasteiger partial charge in [-0.15, -0.1) is 0 Å². The summed E-state index contributed by atoms with van der Waals surface area (Å²) in [5, 5.41) is 4.23. The molecule has 4 aromatic rings. The number of pyridine rings is 1. The minimum absolute atomic E-state index is 0.848. The van der Waals surface area contributed by atoms with Gasteiger partial charge in [0.2, 0.25) is 0 Å². The minimum atomic E-state index is 0.848. The second-order valence-electron chi connectivity index (χ2n) is 6.80. The topological polar surface area (TPSA) is 58.9 Å². The van der Waals surface area contributed by atoms with Crippen molar-refractivity contribution in [3.8, 4) is 5.69 Å². The second-order valence-corrected chi connectivity index (χ2v) is 7.83. The van der Waals surface area contributed by atoms with Crippen molar-refractivity contribution in [2.45, 2.75) is 19.4 Å². The lowest BCUT2D eigenvalue weighted by molar-refractivity contribution is 0.331. The first-order chi connectivity index (χ1) is 13.3. The number of fused-ring (bicyclic) bond motifs is 1. The van der Waals surface area contributed by atoms with Crippen molar-refractivity contribution in [3.05, 3.63) is 60.8 Å². The van der Waals surface area contributed by atoms with Gasteiger partial charge in [0.1, 0.15) is 5.82 Å². The number of hydrogen-bond acceptors (Lipinski definition) is 6. The van der Waals surface area contributed by atoms with E-state index in [1.165, 1.54) is 31.5 Å². The molecule has 0 aliphatic carbocycles. The lowest BCUT2D eigenvalue weighted by Crippen LogP contribution is -2.18. The second kappa shape index (κ2) is 7.09. The van der Waals surface area contributed by atoms with E-state index in [1.807, 2.05) is 23.0 Å². The number of hydrogen-bond donors (Lipinski definition) is 1. The Labute approximate surface area is 161 Å². The van der Waals surface area contributed by atoms with Gasteiger partial charge in [0, 0.05) is 30.8 Å². The fourth-order valence-corrected chi connectivity index (χ4v) is 4.39. The van der Waals surface area contributed by atoms with Crippen molar-refractivity contribution < 1.29 is 0 Å². The van der Waals surface area contributed by atoms with Crippen LogP contribution < -0.4 is 5.32 Å². The molecule has 27 heavy (non-hydrogen) atoms. The third-order valence-electron chi connectivity index (χ3n) is 4.84. The molecule has 136 valence electrons. The normalized spacial score (nSPS) is 14.8. The molecule has 0 amide bonds. The van der Waals surface area contributed by atoms with Crippen molar-refractivity contribution in [1.29, 1.82) is 0 Å². The van der Waals surface area contributed by atoms with Crippen molar-refractivity contribution in [2.75, 3.05) is 18.4 Å². The first-order valence-corrected chi connectivity index (χ1v) is 9.98. The molecule has 1 fully saturated rings. The van der Waals surface area contributed by atoms with E-state index in [4.69, 9.17) is 4.98 Å². The van der Waals surface area contributed by atoms with E-state index in [9.17, 15) is 0 Å². The lowest BCUT2D eigenvalue weighted by Gasteiger charge is -2.14. The lowest BCUT2D eigenvalue weighted by atomic mass is 10.2. The molecule has 1 aliphatic heterocycles. The maximum atomic E-state index is 4.70. The SMILES string of the molecule is c1cn(-c2ccc3nc(Nc4cc(CN5CCCC5)ccn4)sc3c2)cn1. The largest absolute Gasteiger partial charge is 0.316 e. The Morgan fingerprint density at radius 1 is 1.07 bits per heavy atom. The van der Waals surface area contributed by atoms with Gasteiger partial charge in [-0.3, -0.25) is 4.90 Å². The van der Waals surface area contributed by atoms with Crippen LogP contribution in [0, 0.1) is 0 Å². The molecule has 1 N–H and O–H groups in total. The highest BCUT2D eigenvalue weighted by atomic mass is 32.1. The molecular formula is C20H20N6S. The molecule has 5 rings (SSSR count). The molecule has 0 radical (unpaired) electrons. The Balaban J connectivity index is 1.36. The molecule has 1 aliphatic rings. The van der Waals surface area contributed by atoms with Crippen LogP contribution in [-0.4, -0.2) is 37.5 Å². The summed E-state index contributed by atoms with van der Waals surface area (Å²) in [6.45, 7) is 3.38. The Morgan fingerprint density at radius 3 is 2.85 bits per heavy atom. The Bertz CT molecular complexity index is 1050. The van der Waals surface area contributed by atoms with Crippen LogP contribution in [0.15, 0.2) is 55.2 Å². The first-order valence-electron chi connectivity index (χ1n) is 9.17. The molecular weight excluding hydrogens is 356 g/mol. The molecule has 0 saturated carbocycles. The zero-order valence-corrected chi connectivity index (χ0v) is 15.7. The van der Waals surface area contributed by atoms with Crippen LogP contribution >= 0.6 is 11.3 Å². The quantitative estimate of drug-likeness (QED) is 0.565. The molecule has 0 atom stereocenters. The van der Waals surface area contributed by atoms with Crippen LogP contribution in [0.2, 0.25) is 0 Å². The smallest absolute Gasteiger partial charge is 0.189 e. The van der Waals surface area contributed by atoms with E-state index in [-0.39, 0.29) is 0 Å². The van der Waals surface area contributed by atoms with E-state index in [0.717, 1.165) is 33.4 Å². The van der Waals surface area contributed by atoms with E-state index < -0.39 is 0 Å². The first kappa shape index (κ1) is 16.4. The van der Waals surface area contributed by atoms with Gasteiger partial charge in [0.15, 0.2) is 5.13 Å². The van der Waals surface area contributed by atoms with Gasteiger partial charge in [-0.1, -0.05) is 11.3 Å². The molecule has 0 spiro atoms. The summed E-state index contributed by atoms with van der Waals surface area (Å²) in [6.07, 6.45) is 10.0. The van der Waals surface area contributed by atoms with Gasteiger partial charge in [0.05, 0.1) is 16.5 Å². The monoisotopic (exact) mass is 376 g/mol. The van der Waals surface area contributed by atoms with Crippen molar-refractivity contribution in [3.63, 3.8) is 0 Å². The van der Waals surface area contributed by atoms with E-state index in [0.29, 0.717) is 0 Å². The number of benzene rings is 1. The standard InChI is InChI=1S/C20H20N6S/c1-2-9-25(8-1)13-15-5-6-22-19(11-15)24-20-23-17-4-3-16(12-18(17)27-20)26-10-7-21-14-26/h3-7,10-12,14H,1-2,8-9,13H2,(H,22,23,24). The number of aromatic nitrogens is 4. The minimum Gasteiger partial charge on any atom is -0.316 e. The average molecular weight is 376 g/mol. The fourth-order valence-electron chi connectivity index (χ4n) is 3.49. The summed E-state index contributed by atoms with van der Waals surface area (Å²) in [6, 6.07) is 10.5. The van der Waals surface area contributed by atoms with Gasteiger partial charge < -0.3 is 9.88 Å². The van der Waals surface area contributed by atoms with Crippen LogP contribution in [-0.2, 0) is 6.54 Å². The third kappa shape index (κ3) is 3.56. The zero-order valence-electron chi connectivity index (χ0n) is 14.9. The zero-order chi connectivity index (χ0) is 18.1. The molecule has 0 bridgehead atoms. The predicted octanol–water partition coefficient (Wildman–Crippen LogP) is 4.22. The Kier molecular flexibility index (Phi) is 4.31. The summed E-state index contributed by atoms with van der Waals surface area (Å²) in [4.78, 5) is 15.8. The van der Waals surface area contributed by atoms with Crippen molar-refractivity contribution >= 4 is 32.5 Å². The summed E-state index contributed by atoms with van der Waals surface area (Å²) in [5.74, 6) is 0.848. The van der Waals surface area contributed by atoms with E-state index >= 15 is 0 Å². The highest BCUT2D eigenvalue weighted by Gasteiger charge is 2.12. The van der Waals surface area contributed by atoms with Gasteiger partial charge in [-0.25, -0.2) is 15.0 Å². The highest BCUT2D eigenvalue weighted by Crippen LogP contribution is 2.29. The van der Waals surface area contributed by atoms with Gasteiger partial charge >= 0.3 is 0 Å². The van der Waals surface area contributed by atoms with E-state index in [1.54, 1.807) is 23.9 Å². The summed E-state index contributed by atoms with van der Waals surface area (Å²) in [7, 11) is 0. The van der Waals surface area contributed by atoms with Crippen LogP contribution in [0.25, 0.3) is 15.9 Å². The number of anilines is 2. The molecule has 6 nitrogen and oxygen atoms in total. The number of nitrogens with one attached hydrogen (secondary N) is 1. The predicted molar refractivity (Wildman–Crippen MR) is 109 cm³/mol. The molecule has 7 heteroatoms.